The van der Waals surface area contributed by atoms with E-state index >= 15 is 0 Å². The molecule has 0 saturated carbocycles. The molecule has 0 amide bonds. The number of rotatable bonds is 3. The van der Waals surface area contributed by atoms with E-state index in [1.165, 1.54) is 0 Å². The van der Waals surface area contributed by atoms with E-state index in [2.05, 4.69) is 0 Å². The minimum Gasteiger partial charge on any atom is -0.215 e. The van der Waals surface area contributed by atoms with E-state index < -0.39 is 40.6 Å². The average molecular weight is 374 g/mol. The lowest BCUT2D eigenvalue weighted by Gasteiger charge is -2.27. The van der Waals surface area contributed by atoms with Gasteiger partial charge in [-0.1, -0.05) is 30.3 Å². The smallest absolute Gasteiger partial charge is 0.215 e. The normalized spacial score (nSPS) is 14.9. The highest BCUT2D eigenvalue weighted by atomic mass is 32.3. The van der Waals surface area contributed by atoms with Gasteiger partial charge in [0.15, 0.2) is 0 Å². The van der Waals surface area contributed by atoms with Crippen LogP contribution >= 0.6 is 0 Å². The summed E-state index contributed by atoms with van der Waals surface area (Å²) in [5, 5.41) is 0. The van der Waals surface area contributed by atoms with E-state index in [0.717, 1.165) is 6.07 Å². The second-order valence-electron chi connectivity index (χ2n) is 3.80. The van der Waals surface area contributed by atoms with Crippen LogP contribution in [0, 0.1) is 0 Å². The molecule has 0 spiro atoms. The third-order valence-corrected chi connectivity index (χ3v) is 6.81. The van der Waals surface area contributed by atoms with Crippen molar-refractivity contribution >= 4 is 19.7 Å². The molecule has 0 aromatic heterocycles. The maximum absolute atomic E-state index is 14.5. The van der Waals surface area contributed by atoms with Crippen LogP contribution in [0.15, 0.2) is 30.3 Å². The van der Waals surface area contributed by atoms with Gasteiger partial charge in [-0.3, -0.25) is 0 Å². The molecule has 0 aliphatic heterocycles. The van der Waals surface area contributed by atoms with E-state index in [4.69, 9.17) is 0 Å². The summed E-state index contributed by atoms with van der Waals surface area (Å²) < 4.78 is 128. The summed E-state index contributed by atoms with van der Waals surface area (Å²) in [4.78, 5) is 0. The number of halogens is 7. The Morgan fingerprint density at radius 2 is 0.955 bits per heavy atom. The molecule has 0 aliphatic rings. The standard InChI is InChI=1S/C9H5F7O4S2/c10-7(6-4-2-1-3-5-6,21(17,18)8(11,12)13)22(19,20)9(14,15)16/h1-5H. The first-order valence-electron chi connectivity index (χ1n) is 4.97. The molecule has 0 atom stereocenters. The number of benzene rings is 1. The quantitative estimate of drug-likeness (QED) is 0.763. The first-order chi connectivity index (χ1) is 9.61. The van der Waals surface area contributed by atoms with Crippen LogP contribution in [0.1, 0.15) is 5.56 Å². The molecule has 0 aliphatic carbocycles. The highest BCUT2D eigenvalue weighted by molar-refractivity contribution is 8.10. The first-order valence-corrected chi connectivity index (χ1v) is 7.93. The fourth-order valence-electron chi connectivity index (χ4n) is 1.39. The topological polar surface area (TPSA) is 68.3 Å². The third-order valence-electron chi connectivity index (χ3n) is 2.42. The van der Waals surface area contributed by atoms with Crippen LogP contribution in [0.5, 0.6) is 0 Å². The molecule has 0 unspecified atom stereocenters. The maximum atomic E-state index is 14.5. The Balaban J connectivity index is 3.95. The Bertz CT molecular complexity index is 703. The Morgan fingerprint density at radius 3 is 1.23 bits per heavy atom. The van der Waals surface area contributed by atoms with E-state index in [0.29, 0.717) is 12.1 Å². The van der Waals surface area contributed by atoms with Gasteiger partial charge in [0.05, 0.1) is 0 Å². The molecule has 126 valence electrons. The van der Waals surface area contributed by atoms with Gasteiger partial charge >= 0.3 is 35.0 Å². The molecular formula is C9H5F7O4S2. The SMILES string of the molecule is O=S(=O)(C(F)(F)F)C(F)(c1ccccc1)S(=O)(=O)C(F)(F)F. The highest BCUT2D eigenvalue weighted by Crippen LogP contribution is 2.50. The zero-order valence-corrected chi connectivity index (χ0v) is 11.6. The number of alkyl halides is 7. The molecule has 0 heterocycles. The summed E-state index contributed by atoms with van der Waals surface area (Å²) in [7, 11) is -14.8. The average Bonchev–Trinajstić information content (AvgIpc) is 2.35. The Hall–Kier alpha value is -1.37. The second kappa shape index (κ2) is 5.08. The number of sulfone groups is 2. The van der Waals surface area contributed by atoms with Gasteiger partial charge in [-0.2, -0.15) is 26.3 Å². The van der Waals surface area contributed by atoms with E-state index in [9.17, 15) is 47.6 Å². The minimum absolute atomic E-state index is 0.187. The van der Waals surface area contributed by atoms with Gasteiger partial charge < -0.3 is 0 Å². The van der Waals surface area contributed by atoms with Crippen molar-refractivity contribution in [2.45, 2.75) is 15.3 Å². The fourth-order valence-corrected chi connectivity index (χ4v) is 4.60. The zero-order valence-electron chi connectivity index (χ0n) is 9.98. The van der Waals surface area contributed by atoms with Crippen molar-refractivity contribution in [2.75, 3.05) is 0 Å². The Kier molecular flexibility index (Phi) is 4.31. The molecular weight excluding hydrogens is 369 g/mol. The van der Waals surface area contributed by atoms with Gasteiger partial charge in [-0.15, -0.1) is 0 Å². The van der Waals surface area contributed by atoms with Crippen molar-refractivity contribution in [3.8, 4) is 0 Å². The van der Waals surface area contributed by atoms with Gasteiger partial charge in [0, 0.05) is 5.56 Å². The molecule has 13 heteroatoms. The zero-order chi connectivity index (χ0) is 17.6. The maximum Gasteiger partial charge on any atom is 0.502 e. The van der Waals surface area contributed by atoms with Crippen molar-refractivity contribution in [1.82, 2.24) is 0 Å². The summed E-state index contributed by atoms with van der Waals surface area (Å²) in [6.45, 7) is 0. The summed E-state index contributed by atoms with van der Waals surface area (Å²) in [5.74, 6) is 0. The summed E-state index contributed by atoms with van der Waals surface area (Å²) in [6.07, 6.45) is 0. The Morgan fingerprint density at radius 1 is 0.636 bits per heavy atom. The van der Waals surface area contributed by atoms with E-state index in [1.54, 1.807) is 0 Å². The third kappa shape index (κ3) is 2.45. The van der Waals surface area contributed by atoms with Crippen LogP contribution in [-0.2, 0) is 24.0 Å². The van der Waals surface area contributed by atoms with Gasteiger partial charge in [-0.25, -0.2) is 21.2 Å². The van der Waals surface area contributed by atoms with Crippen LogP contribution in [0.4, 0.5) is 30.7 Å². The van der Waals surface area contributed by atoms with Crippen molar-refractivity contribution in [3.05, 3.63) is 35.9 Å². The number of hydrogen-bond acceptors (Lipinski definition) is 4. The molecule has 0 radical (unpaired) electrons. The summed E-state index contributed by atoms with van der Waals surface area (Å²) in [5.41, 5.74) is -15.0. The molecule has 0 saturated heterocycles. The molecule has 0 N–H and O–H groups in total. The van der Waals surface area contributed by atoms with E-state index in [-0.39, 0.29) is 12.1 Å². The van der Waals surface area contributed by atoms with E-state index in [1.807, 2.05) is 0 Å². The highest BCUT2D eigenvalue weighted by Gasteiger charge is 2.75. The van der Waals surface area contributed by atoms with Crippen molar-refractivity contribution in [1.29, 1.82) is 0 Å². The fraction of sp³-hybridized carbons (Fsp3) is 0.333. The van der Waals surface area contributed by atoms with Gasteiger partial charge in [0.25, 0.3) is 0 Å². The van der Waals surface area contributed by atoms with Crippen LogP contribution < -0.4 is 0 Å². The predicted molar refractivity (Wildman–Crippen MR) is 59.2 cm³/mol. The van der Waals surface area contributed by atoms with Crippen LogP contribution in [0.2, 0.25) is 0 Å². The molecule has 0 fully saturated rings. The lowest BCUT2D eigenvalue weighted by molar-refractivity contribution is -0.0531. The molecule has 1 aromatic carbocycles. The molecule has 22 heavy (non-hydrogen) atoms. The molecule has 4 nitrogen and oxygen atoms in total. The lowest BCUT2D eigenvalue weighted by Crippen LogP contribution is -2.50. The number of hydrogen-bond donors (Lipinski definition) is 0. The van der Waals surface area contributed by atoms with Crippen LogP contribution in [0.25, 0.3) is 0 Å². The predicted octanol–water partition coefficient (Wildman–Crippen LogP) is 2.64. The van der Waals surface area contributed by atoms with Gasteiger partial charge in [-0.05, 0) is 0 Å². The second-order valence-corrected chi connectivity index (χ2v) is 8.12. The molecule has 1 rings (SSSR count). The Labute approximate surface area is 119 Å². The van der Waals surface area contributed by atoms with Crippen molar-refractivity contribution in [3.63, 3.8) is 0 Å². The summed E-state index contributed by atoms with van der Waals surface area (Å²) in [6, 6.07) is 2.74. The minimum atomic E-state index is -7.41. The summed E-state index contributed by atoms with van der Waals surface area (Å²) >= 11 is 0. The molecule has 0 bridgehead atoms. The van der Waals surface area contributed by atoms with Gasteiger partial charge in [0.1, 0.15) is 0 Å². The lowest BCUT2D eigenvalue weighted by atomic mass is 10.2. The van der Waals surface area contributed by atoms with Crippen molar-refractivity contribution in [2.24, 2.45) is 0 Å². The molecule has 1 aromatic rings. The monoisotopic (exact) mass is 374 g/mol. The van der Waals surface area contributed by atoms with Gasteiger partial charge in [0.2, 0.25) is 0 Å². The first kappa shape index (κ1) is 18.7. The van der Waals surface area contributed by atoms with Crippen molar-refractivity contribution < 1.29 is 47.6 Å². The largest absolute Gasteiger partial charge is 0.502 e. The van der Waals surface area contributed by atoms with Crippen LogP contribution in [-0.4, -0.2) is 27.9 Å². The van der Waals surface area contributed by atoms with Crippen LogP contribution in [0.3, 0.4) is 0 Å².